The van der Waals surface area contributed by atoms with Crippen LogP contribution in [0.25, 0.3) is 0 Å². The number of hydrogen-bond donors (Lipinski definition) is 14. The Kier molecular flexibility index (Phi) is 27.3. The summed E-state index contributed by atoms with van der Waals surface area (Å²) in [4.78, 5) is 138. The number of aromatic amines is 1. The first-order valence-electron chi connectivity index (χ1n) is 23.2. The fourth-order valence-corrected chi connectivity index (χ4v) is 6.70. The molecule has 69 heavy (non-hydrogen) atoms. The molecule has 9 atom stereocenters. The number of nitrogens with zero attached hydrogens (tertiary/aromatic N) is 1. The number of aliphatic hydroxyl groups is 1. The Bertz CT molecular complexity index is 1860. The second-order valence-corrected chi connectivity index (χ2v) is 18.1. The molecule has 0 aliphatic rings. The minimum Gasteiger partial charge on any atom is -0.481 e. The Hall–Kier alpha value is -6.21. The van der Waals surface area contributed by atoms with Crippen molar-refractivity contribution in [1.82, 2.24) is 52.5 Å². The summed E-state index contributed by atoms with van der Waals surface area (Å²) in [6.45, 7) is 12.2. The van der Waals surface area contributed by atoms with Gasteiger partial charge in [-0.3, -0.25) is 43.2 Å². The Morgan fingerprint density at radius 1 is 0.652 bits per heavy atom. The zero-order valence-corrected chi connectivity index (χ0v) is 40.9. The number of carboxylic acid groups (broad SMARTS) is 2. The number of aliphatic hydroxyl groups excluding tert-OH is 1. The monoisotopic (exact) mass is 981 g/mol. The molecule has 0 aliphatic carbocycles. The number of rotatable bonds is 33. The number of imidazole rings is 1. The maximum Gasteiger partial charge on any atom is 0.326 e. The second kappa shape index (κ2) is 31.0. The van der Waals surface area contributed by atoms with E-state index in [1.54, 1.807) is 34.6 Å². The minimum atomic E-state index is -1.76. The van der Waals surface area contributed by atoms with Crippen molar-refractivity contribution in [3.8, 4) is 0 Å². The van der Waals surface area contributed by atoms with E-state index in [2.05, 4.69) is 52.5 Å². The zero-order chi connectivity index (χ0) is 52.5. The van der Waals surface area contributed by atoms with Crippen LogP contribution in [-0.4, -0.2) is 153 Å². The highest BCUT2D eigenvalue weighted by atomic mass is 16.4. The van der Waals surface area contributed by atoms with E-state index in [1.165, 1.54) is 12.5 Å². The van der Waals surface area contributed by atoms with Gasteiger partial charge in [-0.15, -0.1) is 0 Å². The van der Waals surface area contributed by atoms with E-state index in [1.807, 2.05) is 20.8 Å². The number of carbonyl (C=O) groups is 10. The van der Waals surface area contributed by atoms with Crippen molar-refractivity contribution >= 4 is 59.2 Å². The topological polar surface area (TPSA) is 408 Å². The fraction of sp³-hybridized carbons (Fsp3) is 0.705. The first-order valence-corrected chi connectivity index (χ1v) is 23.2. The zero-order valence-electron chi connectivity index (χ0n) is 40.9. The van der Waals surface area contributed by atoms with Gasteiger partial charge in [0.2, 0.25) is 47.3 Å². The van der Waals surface area contributed by atoms with Crippen LogP contribution in [0.15, 0.2) is 12.5 Å². The van der Waals surface area contributed by atoms with Gasteiger partial charge in [-0.25, -0.2) is 9.78 Å². The van der Waals surface area contributed by atoms with Gasteiger partial charge in [0.15, 0.2) is 0 Å². The van der Waals surface area contributed by atoms with Crippen molar-refractivity contribution in [3.63, 3.8) is 0 Å². The molecule has 8 amide bonds. The van der Waals surface area contributed by atoms with Gasteiger partial charge in [0.1, 0.15) is 42.3 Å². The predicted octanol–water partition coefficient (Wildman–Crippen LogP) is -2.74. The SMILES string of the molecule is CC[C@H](C)[C@H](N)C(=O)N[C@@H](CC(C)C)C(=O)N[C@@H](CCCCN)C(=O)N[C@@H](CCC(=O)O)C(=O)N[C@@H](CO)C(=O)N[C@H](C(=O)N[C@@H](Cc1cnc[nH]1)C(=O)NCC(=O)N[C@H](C(=O)O)C(C)C)C(C)C. The molecule has 1 aromatic heterocycles. The predicted molar refractivity (Wildman–Crippen MR) is 250 cm³/mol. The number of nitrogens with one attached hydrogen (secondary N) is 9. The van der Waals surface area contributed by atoms with E-state index in [0.717, 1.165) is 0 Å². The Balaban J connectivity index is 3.31. The third kappa shape index (κ3) is 22.2. The Labute approximate surface area is 402 Å². The average molecular weight is 981 g/mol. The van der Waals surface area contributed by atoms with Crippen molar-refractivity contribution in [2.45, 2.75) is 155 Å². The van der Waals surface area contributed by atoms with Crippen LogP contribution in [0.2, 0.25) is 0 Å². The normalized spacial score (nSPS) is 15.2. The van der Waals surface area contributed by atoms with Crippen LogP contribution in [0.5, 0.6) is 0 Å². The van der Waals surface area contributed by atoms with Gasteiger partial charge in [0, 0.05) is 24.7 Å². The van der Waals surface area contributed by atoms with Gasteiger partial charge in [-0.1, -0.05) is 61.8 Å². The van der Waals surface area contributed by atoms with Crippen LogP contribution in [0.1, 0.15) is 106 Å². The quantitative estimate of drug-likeness (QED) is 0.0318. The molecule has 0 radical (unpaired) electrons. The molecule has 1 aromatic rings. The number of carbonyl (C=O) groups excluding carboxylic acids is 8. The molecule has 0 saturated heterocycles. The molecule has 16 N–H and O–H groups in total. The summed E-state index contributed by atoms with van der Waals surface area (Å²) in [7, 11) is 0. The standard InChI is InChI=1S/C44H76N12O13/c1-9-25(8)34(46)42(66)52-29(16-22(2)3)40(64)50-27(12-10-11-15-45)38(62)51-28(13-14-33(59)60)39(63)54-31(20-57)41(65)56-35(23(4)5)43(67)53-30(17-26-18-47-21-49-26)37(61)48-19-32(58)55-36(24(6)7)44(68)69/h18,21-25,27-31,34-36,57H,9-17,19-20,45-46H2,1-8H3,(H,47,49)(H,48,61)(H,50,64)(H,51,62)(H,52,66)(H,53,67)(H,54,63)(H,55,58)(H,56,65)(H,59,60)(H,68,69)/t25-,27-,28-,29-,30-,31-,34-,35-,36-/m0/s1. The second-order valence-electron chi connectivity index (χ2n) is 18.1. The van der Waals surface area contributed by atoms with Crippen LogP contribution in [0.4, 0.5) is 0 Å². The first-order chi connectivity index (χ1) is 32.4. The molecule has 0 bridgehead atoms. The number of aromatic nitrogens is 2. The summed E-state index contributed by atoms with van der Waals surface area (Å²) >= 11 is 0. The number of H-pyrrole nitrogens is 1. The van der Waals surface area contributed by atoms with E-state index in [4.69, 9.17) is 11.5 Å². The van der Waals surface area contributed by atoms with E-state index in [-0.39, 0.29) is 37.6 Å². The number of nitrogens with two attached hydrogens (primary N) is 2. The fourth-order valence-electron chi connectivity index (χ4n) is 6.70. The summed E-state index contributed by atoms with van der Waals surface area (Å²) < 4.78 is 0. The Morgan fingerprint density at radius 3 is 1.68 bits per heavy atom. The summed E-state index contributed by atoms with van der Waals surface area (Å²) in [5.74, 6) is -10.9. The first kappa shape index (κ1) is 60.8. The van der Waals surface area contributed by atoms with Crippen LogP contribution in [-0.2, 0) is 54.4 Å². The lowest BCUT2D eigenvalue weighted by atomic mass is 9.97. The van der Waals surface area contributed by atoms with E-state index in [0.29, 0.717) is 25.0 Å². The van der Waals surface area contributed by atoms with Crippen LogP contribution < -0.4 is 54.0 Å². The summed E-state index contributed by atoms with van der Waals surface area (Å²) in [5.41, 5.74) is 12.2. The van der Waals surface area contributed by atoms with Gasteiger partial charge in [-0.2, -0.15) is 0 Å². The molecule has 0 aromatic carbocycles. The van der Waals surface area contributed by atoms with Gasteiger partial charge in [0.25, 0.3) is 0 Å². The smallest absolute Gasteiger partial charge is 0.326 e. The highest BCUT2D eigenvalue weighted by molar-refractivity contribution is 5.98. The van der Waals surface area contributed by atoms with E-state index < -0.39 is 145 Å². The number of unbranched alkanes of at least 4 members (excludes halogenated alkanes) is 1. The molecule has 25 nitrogen and oxygen atoms in total. The summed E-state index contributed by atoms with van der Waals surface area (Å²) in [6.07, 6.45) is 3.04. The molecule has 390 valence electrons. The number of hydrogen-bond acceptors (Lipinski definition) is 14. The number of carboxylic acids is 2. The maximum atomic E-state index is 13.9. The minimum absolute atomic E-state index is 0.0301. The van der Waals surface area contributed by atoms with Gasteiger partial charge < -0.3 is 74.3 Å². The lowest BCUT2D eigenvalue weighted by molar-refractivity contribution is -0.143. The lowest BCUT2D eigenvalue weighted by Crippen LogP contribution is -2.61. The average Bonchev–Trinajstić information content (AvgIpc) is 3.80. The highest BCUT2D eigenvalue weighted by Gasteiger charge is 2.35. The molecule has 0 fully saturated rings. The number of aliphatic carboxylic acids is 2. The molecule has 1 heterocycles. The molecule has 0 aliphatic heterocycles. The molecule has 0 saturated carbocycles. The van der Waals surface area contributed by atoms with Crippen molar-refractivity contribution in [1.29, 1.82) is 0 Å². The summed E-state index contributed by atoms with van der Waals surface area (Å²) in [6, 6.07) is -10.7. The van der Waals surface area contributed by atoms with Gasteiger partial charge >= 0.3 is 11.9 Å². The molecule has 25 heteroatoms. The third-order valence-electron chi connectivity index (χ3n) is 11.1. The van der Waals surface area contributed by atoms with Gasteiger partial charge in [-0.05, 0) is 62.3 Å². The number of amides is 8. The Morgan fingerprint density at radius 2 is 1.19 bits per heavy atom. The van der Waals surface area contributed by atoms with Crippen molar-refractivity contribution in [3.05, 3.63) is 18.2 Å². The van der Waals surface area contributed by atoms with Crippen molar-refractivity contribution in [2.75, 3.05) is 19.7 Å². The third-order valence-corrected chi connectivity index (χ3v) is 11.1. The van der Waals surface area contributed by atoms with Crippen LogP contribution >= 0.6 is 0 Å². The molecule has 0 spiro atoms. The molecule has 0 unspecified atom stereocenters. The van der Waals surface area contributed by atoms with E-state index >= 15 is 0 Å². The largest absolute Gasteiger partial charge is 0.481 e. The molecular formula is C44H76N12O13. The van der Waals surface area contributed by atoms with Crippen molar-refractivity contribution in [2.24, 2.45) is 35.1 Å². The molecule has 1 rings (SSSR count). The van der Waals surface area contributed by atoms with Crippen molar-refractivity contribution < 1.29 is 63.3 Å². The maximum absolute atomic E-state index is 13.9. The van der Waals surface area contributed by atoms with Crippen LogP contribution in [0, 0.1) is 23.7 Å². The van der Waals surface area contributed by atoms with Gasteiger partial charge in [0.05, 0.1) is 25.5 Å². The molecular weight excluding hydrogens is 905 g/mol. The summed E-state index contributed by atoms with van der Waals surface area (Å²) in [5, 5.41) is 48.9. The highest BCUT2D eigenvalue weighted by Crippen LogP contribution is 2.12. The lowest BCUT2D eigenvalue weighted by Gasteiger charge is -2.28. The van der Waals surface area contributed by atoms with Crippen LogP contribution in [0.3, 0.4) is 0 Å². The van der Waals surface area contributed by atoms with E-state index in [9.17, 15) is 63.3 Å².